The van der Waals surface area contributed by atoms with Gasteiger partial charge in [-0.3, -0.25) is 0 Å². The highest BCUT2D eigenvalue weighted by molar-refractivity contribution is 5.68. The van der Waals surface area contributed by atoms with E-state index in [2.05, 4.69) is 0 Å². The average molecular weight is 241 g/mol. The van der Waals surface area contributed by atoms with Gasteiger partial charge in [-0.2, -0.15) is 0 Å². The number of aliphatic hydroxyl groups excluding tert-OH is 1. The molecule has 2 rings (SSSR count). The molecule has 4 heteroatoms. The van der Waals surface area contributed by atoms with Crippen LogP contribution in [0.5, 0.6) is 0 Å². The molecule has 1 aliphatic carbocycles. The summed E-state index contributed by atoms with van der Waals surface area (Å²) in [5.74, 6) is 0. The SMILES string of the molecule is CC(C)(C)OC(=O)N1CCC2(CCCC2O)C1. The highest BCUT2D eigenvalue weighted by Gasteiger charge is 2.48. The summed E-state index contributed by atoms with van der Waals surface area (Å²) < 4.78 is 5.36. The topological polar surface area (TPSA) is 49.8 Å². The molecule has 0 aromatic carbocycles. The molecule has 98 valence electrons. The predicted molar refractivity (Wildman–Crippen MR) is 64.7 cm³/mol. The predicted octanol–water partition coefficient (Wildman–Crippen LogP) is 2.16. The van der Waals surface area contributed by atoms with Gasteiger partial charge in [0, 0.05) is 18.5 Å². The lowest BCUT2D eigenvalue weighted by molar-refractivity contribution is 0.0204. The van der Waals surface area contributed by atoms with Gasteiger partial charge in [0.15, 0.2) is 0 Å². The molecule has 1 spiro atoms. The fraction of sp³-hybridized carbons (Fsp3) is 0.923. The van der Waals surface area contributed by atoms with Gasteiger partial charge in [-0.05, 0) is 40.0 Å². The van der Waals surface area contributed by atoms with Gasteiger partial charge in [-0.1, -0.05) is 6.42 Å². The Labute approximate surface area is 103 Å². The Kier molecular flexibility index (Phi) is 3.10. The lowest BCUT2D eigenvalue weighted by Gasteiger charge is -2.29. The maximum atomic E-state index is 11.9. The van der Waals surface area contributed by atoms with E-state index in [0.29, 0.717) is 13.1 Å². The van der Waals surface area contributed by atoms with Crippen LogP contribution in [0, 0.1) is 5.41 Å². The number of amides is 1. The van der Waals surface area contributed by atoms with Crippen LogP contribution >= 0.6 is 0 Å². The quantitative estimate of drug-likeness (QED) is 0.707. The first-order valence-corrected chi connectivity index (χ1v) is 6.48. The fourth-order valence-corrected chi connectivity index (χ4v) is 2.97. The molecule has 17 heavy (non-hydrogen) atoms. The second kappa shape index (κ2) is 4.16. The van der Waals surface area contributed by atoms with Crippen molar-refractivity contribution in [3.63, 3.8) is 0 Å². The molecule has 0 bridgehead atoms. The van der Waals surface area contributed by atoms with E-state index in [0.717, 1.165) is 25.7 Å². The Bertz CT molecular complexity index is 310. The van der Waals surface area contributed by atoms with E-state index in [4.69, 9.17) is 4.74 Å². The summed E-state index contributed by atoms with van der Waals surface area (Å²) in [5, 5.41) is 10.0. The van der Waals surface area contributed by atoms with Crippen LogP contribution in [-0.4, -0.2) is 40.9 Å². The van der Waals surface area contributed by atoms with Crippen molar-refractivity contribution in [2.75, 3.05) is 13.1 Å². The second-order valence-corrected chi connectivity index (χ2v) is 6.42. The zero-order valence-electron chi connectivity index (χ0n) is 11.0. The van der Waals surface area contributed by atoms with Gasteiger partial charge < -0.3 is 14.7 Å². The molecule has 2 atom stereocenters. The molecule has 2 unspecified atom stereocenters. The van der Waals surface area contributed by atoms with Crippen molar-refractivity contribution >= 4 is 6.09 Å². The Hall–Kier alpha value is -0.770. The Morgan fingerprint density at radius 3 is 2.65 bits per heavy atom. The van der Waals surface area contributed by atoms with E-state index in [1.54, 1.807) is 4.90 Å². The van der Waals surface area contributed by atoms with Crippen LogP contribution in [0.1, 0.15) is 46.5 Å². The monoisotopic (exact) mass is 241 g/mol. The summed E-state index contributed by atoms with van der Waals surface area (Å²) in [6.45, 7) is 7.00. The van der Waals surface area contributed by atoms with Gasteiger partial charge >= 0.3 is 6.09 Å². The third kappa shape index (κ3) is 2.57. The van der Waals surface area contributed by atoms with Crippen molar-refractivity contribution in [2.24, 2.45) is 5.41 Å². The van der Waals surface area contributed by atoms with Gasteiger partial charge in [0.2, 0.25) is 0 Å². The fourth-order valence-electron chi connectivity index (χ4n) is 2.97. The molecule has 2 aliphatic rings. The van der Waals surface area contributed by atoms with Crippen molar-refractivity contribution in [3.05, 3.63) is 0 Å². The van der Waals surface area contributed by atoms with Crippen LogP contribution in [0.2, 0.25) is 0 Å². The van der Waals surface area contributed by atoms with E-state index in [9.17, 15) is 9.90 Å². The lowest BCUT2D eigenvalue weighted by atomic mass is 9.83. The van der Waals surface area contributed by atoms with Crippen LogP contribution in [0.3, 0.4) is 0 Å². The molecular weight excluding hydrogens is 218 g/mol. The molecule has 2 fully saturated rings. The maximum Gasteiger partial charge on any atom is 0.410 e. The highest BCUT2D eigenvalue weighted by Crippen LogP contribution is 2.45. The first-order chi connectivity index (χ1) is 7.82. The van der Waals surface area contributed by atoms with Crippen molar-refractivity contribution in [2.45, 2.75) is 58.2 Å². The molecule has 1 heterocycles. The summed E-state index contributed by atoms with van der Waals surface area (Å²) >= 11 is 0. The van der Waals surface area contributed by atoms with Gasteiger partial charge in [-0.25, -0.2) is 4.79 Å². The molecular formula is C13H23NO3. The van der Waals surface area contributed by atoms with E-state index >= 15 is 0 Å². The van der Waals surface area contributed by atoms with E-state index in [1.807, 2.05) is 20.8 Å². The summed E-state index contributed by atoms with van der Waals surface area (Å²) in [5.41, 5.74) is -0.488. The number of likely N-dealkylation sites (tertiary alicyclic amines) is 1. The summed E-state index contributed by atoms with van der Waals surface area (Å²) in [6.07, 6.45) is 3.41. The number of rotatable bonds is 0. The van der Waals surface area contributed by atoms with Crippen molar-refractivity contribution < 1.29 is 14.6 Å². The van der Waals surface area contributed by atoms with E-state index in [-0.39, 0.29) is 17.6 Å². The molecule has 0 radical (unpaired) electrons. The van der Waals surface area contributed by atoms with Crippen LogP contribution in [0.25, 0.3) is 0 Å². The Balaban J connectivity index is 1.96. The van der Waals surface area contributed by atoms with Crippen molar-refractivity contribution in [1.82, 2.24) is 4.90 Å². The van der Waals surface area contributed by atoms with Gasteiger partial charge in [0.25, 0.3) is 0 Å². The number of ether oxygens (including phenoxy) is 1. The van der Waals surface area contributed by atoms with Gasteiger partial charge in [-0.15, -0.1) is 0 Å². The number of hydrogen-bond donors (Lipinski definition) is 1. The Morgan fingerprint density at radius 1 is 1.41 bits per heavy atom. The van der Waals surface area contributed by atoms with Crippen molar-refractivity contribution in [3.8, 4) is 0 Å². The summed E-state index contributed by atoms with van der Waals surface area (Å²) in [4.78, 5) is 13.7. The lowest BCUT2D eigenvalue weighted by Crippen LogP contribution is -2.39. The zero-order chi connectivity index (χ0) is 12.7. The summed E-state index contributed by atoms with van der Waals surface area (Å²) in [6, 6.07) is 0. The number of carbonyl (C=O) groups is 1. The van der Waals surface area contributed by atoms with Crippen molar-refractivity contribution in [1.29, 1.82) is 0 Å². The van der Waals surface area contributed by atoms with Crippen LogP contribution in [-0.2, 0) is 4.74 Å². The first kappa shape index (κ1) is 12.7. The zero-order valence-corrected chi connectivity index (χ0v) is 11.0. The van der Waals surface area contributed by atoms with Crippen LogP contribution in [0.4, 0.5) is 4.79 Å². The minimum Gasteiger partial charge on any atom is -0.444 e. The number of aliphatic hydroxyl groups is 1. The molecule has 1 amide bonds. The van der Waals surface area contributed by atoms with Crippen LogP contribution in [0.15, 0.2) is 0 Å². The molecule has 4 nitrogen and oxygen atoms in total. The second-order valence-electron chi connectivity index (χ2n) is 6.42. The molecule has 1 saturated carbocycles. The van der Waals surface area contributed by atoms with Gasteiger partial charge in [0.1, 0.15) is 5.60 Å². The molecule has 0 aromatic rings. The molecule has 1 saturated heterocycles. The first-order valence-electron chi connectivity index (χ1n) is 6.48. The number of hydrogen-bond acceptors (Lipinski definition) is 3. The number of carbonyl (C=O) groups excluding carboxylic acids is 1. The third-order valence-electron chi connectivity index (χ3n) is 3.90. The standard InChI is InChI=1S/C13H23NO3/c1-12(2,3)17-11(16)14-8-7-13(9-14)6-4-5-10(13)15/h10,15H,4-9H2,1-3H3. The summed E-state index contributed by atoms with van der Waals surface area (Å²) in [7, 11) is 0. The van der Waals surface area contributed by atoms with E-state index in [1.165, 1.54) is 0 Å². The van der Waals surface area contributed by atoms with Crippen LogP contribution < -0.4 is 0 Å². The highest BCUT2D eigenvalue weighted by atomic mass is 16.6. The number of nitrogens with zero attached hydrogens (tertiary/aromatic N) is 1. The minimum atomic E-state index is -0.443. The maximum absolute atomic E-state index is 11.9. The normalized spacial score (nSPS) is 33.4. The molecule has 1 aliphatic heterocycles. The largest absolute Gasteiger partial charge is 0.444 e. The Morgan fingerprint density at radius 2 is 2.12 bits per heavy atom. The smallest absolute Gasteiger partial charge is 0.410 e. The average Bonchev–Trinajstić information content (AvgIpc) is 2.74. The molecule has 0 aromatic heterocycles. The third-order valence-corrected chi connectivity index (χ3v) is 3.90. The van der Waals surface area contributed by atoms with E-state index < -0.39 is 5.60 Å². The van der Waals surface area contributed by atoms with Gasteiger partial charge in [0.05, 0.1) is 6.10 Å². The molecule has 1 N–H and O–H groups in total. The minimum absolute atomic E-state index is 0.0447.